The second-order valence-electron chi connectivity index (χ2n) is 6.93. The molecule has 1 unspecified atom stereocenters. The number of pyridine rings is 1. The van der Waals surface area contributed by atoms with Gasteiger partial charge in [-0.3, -0.25) is 4.79 Å². The number of morpholine rings is 1. The Balaban J connectivity index is 1.68. The van der Waals surface area contributed by atoms with Gasteiger partial charge in [-0.15, -0.1) is 0 Å². The number of methoxy groups -OCH3 is 1. The highest BCUT2D eigenvalue weighted by Crippen LogP contribution is 2.30. The van der Waals surface area contributed by atoms with E-state index in [1.54, 1.807) is 19.4 Å². The molecule has 8 nitrogen and oxygen atoms in total. The molecule has 1 fully saturated rings. The number of aromatic nitrogens is 2. The van der Waals surface area contributed by atoms with E-state index in [1.165, 1.54) is 6.20 Å². The minimum atomic E-state index is -0.205. The van der Waals surface area contributed by atoms with Crippen LogP contribution in [0.1, 0.15) is 27.7 Å². The van der Waals surface area contributed by atoms with Gasteiger partial charge in [0, 0.05) is 36.1 Å². The smallest absolute Gasteiger partial charge is 0.256 e. The number of carbonyl (C=O) groups is 1. The van der Waals surface area contributed by atoms with Gasteiger partial charge in [0.25, 0.3) is 5.91 Å². The fourth-order valence-corrected chi connectivity index (χ4v) is 3.68. The van der Waals surface area contributed by atoms with E-state index in [4.69, 9.17) is 20.6 Å². The van der Waals surface area contributed by atoms with Crippen LogP contribution in [0.3, 0.4) is 0 Å². The third-order valence-electron chi connectivity index (χ3n) is 5.27. The molecule has 2 aromatic heterocycles. The maximum absolute atomic E-state index is 13.5. The van der Waals surface area contributed by atoms with Gasteiger partial charge < -0.3 is 30.5 Å². The molecular formula is C22H23N5O3. The lowest BCUT2D eigenvalue weighted by molar-refractivity contribution is -0.00263. The number of amides is 1. The van der Waals surface area contributed by atoms with Crippen LogP contribution in [-0.4, -0.2) is 53.9 Å². The quantitative estimate of drug-likeness (QED) is 0.564. The van der Waals surface area contributed by atoms with Gasteiger partial charge in [-0.05, 0) is 29.8 Å². The number of ether oxygens (including phenoxy) is 2. The number of H-pyrrole nitrogens is 1. The van der Waals surface area contributed by atoms with Crippen molar-refractivity contribution in [1.82, 2.24) is 14.9 Å². The van der Waals surface area contributed by atoms with Crippen molar-refractivity contribution in [3.63, 3.8) is 0 Å². The van der Waals surface area contributed by atoms with Gasteiger partial charge in [0.15, 0.2) is 0 Å². The van der Waals surface area contributed by atoms with Crippen LogP contribution in [-0.2, 0) is 4.74 Å². The fourth-order valence-electron chi connectivity index (χ4n) is 3.68. The summed E-state index contributed by atoms with van der Waals surface area (Å²) >= 11 is 0. The summed E-state index contributed by atoms with van der Waals surface area (Å²) < 4.78 is 11.0. The number of aromatic amines is 1. The van der Waals surface area contributed by atoms with E-state index >= 15 is 0 Å². The molecule has 0 spiro atoms. The Labute approximate surface area is 173 Å². The SMILES string of the molecule is COc1cccc(C2COCCN2C(=O)c2c[nH]c3nc(/C(C=N)=C/N)ccc23)c1. The van der Waals surface area contributed by atoms with Crippen molar-refractivity contribution in [2.24, 2.45) is 5.73 Å². The summed E-state index contributed by atoms with van der Waals surface area (Å²) in [6, 6.07) is 11.1. The molecule has 0 bridgehead atoms. The van der Waals surface area contributed by atoms with Crippen LogP contribution >= 0.6 is 0 Å². The molecule has 8 heteroatoms. The van der Waals surface area contributed by atoms with Crippen molar-refractivity contribution in [1.29, 1.82) is 5.41 Å². The largest absolute Gasteiger partial charge is 0.497 e. The molecule has 1 aromatic carbocycles. The molecule has 3 heterocycles. The van der Waals surface area contributed by atoms with E-state index in [0.29, 0.717) is 42.2 Å². The molecule has 0 aliphatic carbocycles. The van der Waals surface area contributed by atoms with Crippen LogP contribution in [0.2, 0.25) is 0 Å². The maximum atomic E-state index is 13.5. The van der Waals surface area contributed by atoms with Gasteiger partial charge in [-0.25, -0.2) is 4.98 Å². The number of carbonyl (C=O) groups excluding carboxylic acids is 1. The van der Waals surface area contributed by atoms with Crippen LogP contribution in [0, 0.1) is 5.41 Å². The predicted molar refractivity (Wildman–Crippen MR) is 115 cm³/mol. The van der Waals surface area contributed by atoms with Gasteiger partial charge in [0.2, 0.25) is 0 Å². The van der Waals surface area contributed by atoms with Crippen LogP contribution < -0.4 is 10.5 Å². The Kier molecular flexibility index (Phi) is 5.49. The molecule has 1 aliphatic heterocycles. The zero-order chi connectivity index (χ0) is 21.1. The number of nitrogens with two attached hydrogens (primary N) is 1. The number of allylic oxidation sites excluding steroid dienone is 1. The van der Waals surface area contributed by atoms with Crippen LogP contribution in [0.5, 0.6) is 5.75 Å². The molecule has 4 N–H and O–H groups in total. The highest BCUT2D eigenvalue weighted by Gasteiger charge is 2.31. The Morgan fingerprint density at radius 2 is 2.27 bits per heavy atom. The monoisotopic (exact) mass is 405 g/mol. The molecule has 1 saturated heterocycles. The average Bonchev–Trinajstić information content (AvgIpc) is 3.23. The van der Waals surface area contributed by atoms with E-state index in [2.05, 4.69) is 9.97 Å². The van der Waals surface area contributed by atoms with Gasteiger partial charge >= 0.3 is 0 Å². The Morgan fingerprint density at radius 3 is 3.03 bits per heavy atom. The minimum Gasteiger partial charge on any atom is -0.497 e. The average molecular weight is 405 g/mol. The molecule has 4 rings (SSSR count). The summed E-state index contributed by atoms with van der Waals surface area (Å²) in [6.07, 6.45) is 4.16. The van der Waals surface area contributed by atoms with E-state index in [0.717, 1.165) is 22.9 Å². The highest BCUT2D eigenvalue weighted by molar-refractivity contribution is 6.09. The Bertz CT molecular complexity index is 1120. The lowest BCUT2D eigenvalue weighted by atomic mass is 10.0. The van der Waals surface area contributed by atoms with Crippen LogP contribution in [0.25, 0.3) is 16.6 Å². The third-order valence-corrected chi connectivity index (χ3v) is 5.27. The lowest BCUT2D eigenvalue weighted by Gasteiger charge is -2.36. The molecule has 0 saturated carbocycles. The van der Waals surface area contributed by atoms with Crippen molar-refractivity contribution in [3.8, 4) is 5.75 Å². The molecule has 1 amide bonds. The van der Waals surface area contributed by atoms with Crippen molar-refractivity contribution >= 4 is 28.7 Å². The normalized spacial score (nSPS) is 17.2. The van der Waals surface area contributed by atoms with Crippen LogP contribution in [0.4, 0.5) is 0 Å². The zero-order valence-corrected chi connectivity index (χ0v) is 16.6. The van der Waals surface area contributed by atoms with Crippen molar-refractivity contribution < 1.29 is 14.3 Å². The minimum absolute atomic E-state index is 0.0893. The van der Waals surface area contributed by atoms with Crippen molar-refractivity contribution in [2.75, 3.05) is 26.9 Å². The first-order valence-electron chi connectivity index (χ1n) is 9.59. The van der Waals surface area contributed by atoms with E-state index in [1.807, 2.05) is 35.2 Å². The molecular weight excluding hydrogens is 382 g/mol. The van der Waals surface area contributed by atoms with Gasteiger partial charge in [-0.1, -0.05) is 12.1 Å². The molecule has 1 atom stereocenters. The van der Waals surface area contributed by atoms with Crippen LogP contribution in [0.15, 0.2) is 48.8 Å². The van der Waals surface area contributed by atoms with E-state index < -0.39 is 0 Å². The topological polar surface area (TPSA) is 117 Å². The number of rotatable bonds is 5. The fraction of sp³-hybridized carbons (Fsp3) is 0.227. The van der Waals surface area contributed by atoms with Gasteiger partial charge in [0.05, 0.1) is 37.6 Å². The number of hydrogen-bond donors (Lipinski definition) is 3. The lowest BCUT2D eigenvalue weighted by Crippen LogP contribution is -2.43. The van der Waals surface area contributed by atoms with Crippen molar-refractivity contribution in [2.45, 2.75) is 6.04 Å². The summed E-state index contributed by atoms with van der Waals surface area (Å²) in [7, 11) is 1.62. The van der Waals surface area contributed by atoms with Crippen molar-refractivity contribution in [3.05, 3.63) is 65.6 Å². The second-order valence-corrected chi connectivity index (χ2v) is 6.93. The Hall–Kier alpha value is -3.65. The number of nitrogens with zero attached hydrogens (tertiary/aromatic N) is 2. The number of hydrogen-bond acceptors (Lipinski definition) is 6. The Morgan fingerprint density at radius 1 is 1.40 bits per heavy atom. The predicted octanol–water partition coefficient (Wildman–Crippen LogP) is 2.73. The third kappa shape index (κ3) is 3.53. The molecule has 3 aromatic rings. The summed E-state index contributed by atoms with van der Waals surface area (Å²) in [4.78, 5) is 22.9. The summed E-state index contributed by atoms with van der Waals surface area (Å²) in [5.74, 6) is 0.651. The first kappa shape index (κ1) is 19.7. The highest BCUT2D eigenvalue weighted by atomic mass is 16.5. The molecule has 30 heavy (non-hydrogen) atoms. The second kappa shape index (κ2) is 8.38. The molecule has 154 valence electrons. The van der Waals surface area contributed by atoms with E-state index in [9.17, 15) is 4.79 Å². The molecule has 0 radical (unpaired) electrons. The number of fused-ring (bicyclic) bond motifs is 1. The summed E-state index contributed by atoms with van der Waals surface area (Å²) in [5, 5.41) is 8.16. The first-order chi connectivity index (χ1) is 14.7. The standard InChI is InChI=1S/C22H23N5O3/c1-29-16-4-2-3-14(9-16)20-13-30-8-7-27(20)22(28)18-12-25-21-17(18)5-6-19(26-21)15(10-23)11-24/h2-6,9-12,20,23H,7-8,13,24H2,1H3,(H,25,26)/b15-11+,23-10?. The zero-order valence-electron chi connectivity index (χ0n) is 16.6. The summed E-state index contributed by atoms with van der Waals surface area (Å²) in [6.45, 7) is 1.40. The molecule has 1 aliphatic rings. The number of benzene rings is 1. The number of nitrogens with one attached hydrogen (secondary N) is 2. The first-order valence-corrected chi connectivity index (χ1v) is 9.59. The van der Waals surface area contributed by atoms with Gasteiger partial charge in [0.1, 0.15) is 11.4 Å². The van der Waals surface area contributed by atoms with Gasteiger partial charge in [-0.2, -0.15) is 0 Å². The van der Waals surface area contributed by atoms with E-state index in [-0.39, 0.29) is 11.9 Å². The maximum Gasteiger partial charge on any atom is 0.256 e. The summed E-state index contributed by atoms with van der Waals surface area (Å²) in [5.41, 5.74) is 8.72.